The van der Waals surface area contributed by atoms with Crippen molar-refractivity contribution >= 4 is 20.9 Å². The third kappa shape index (κ3) is 3.12. The van der Waals surface area contributed by atoms with Crippen molar-refractivity contribution < 1.29 is 17.9 Å². The van der Waals surface area contributed by atoms with Crippen molar-refractivity contribution in [3.63, 3.8) is 0 Å². The molecule has 2 aromatic carbocycles. The molecule has 2 N–H and O–H groups in total. The summed E-state index contributed by atoms with van der Waals surface area (Å²) in [6, 6.07) is 7.82. The van der Waals surface area contributed by atoms with Crippen molar-refractivity contribution in [2.24, 2.45) is 0 Å². The Morgan fingerprint density at radius 3 is 2.44 bits per heavy atom. The fourth-order valence-corrected chi connectivity index (χ4v) is 7.52. The predicted octanol–water partition coefficient (Wildman–Crippen LogP) is 2.56. The fraction of sp³-hybridized carbons (Fsp3) is 0.417. The van der Waals surface area contributed by atoms with Crippen LogP contribution in [0.15, 0.2) is 44.8 Å². The molecule has 0 amide bonds. The van der Waals surface area contributed by atoms with Gasteiger partial charge < -0.3 is 14.5 Å². The molecular weight excluding hydrogens is 458 g/mol. The van der Waals surface area contributed by atoms with Crippen molar-refractivity contribution in [3.05, 3.63) is 62.3 Å². The summed E-state index contributed by atoms with van der Waals surface area (Å²) < 4.78 is 41.1. The van der Waals surface area contributed by atoms with Crippen LogP contribution in [0.1, 0.15) is 49.8 Å². The molecule has 10 heteroatoms. The van der Waals surface area contributed by atoms with Gasteiger partial charge in [0.05, 0.1) is 15.8 Å². The van der Waals surface area contributed by atoms with Crippen LogP contribution in [-0.2, 0) is 15.4 Å². The lowest BCUT2D eigenvalue weighted by Crippen LogP contribution is -2.48. The van der Waals surface area contributed by atoms with E-state index in [0.717, 1.165) is 42.6 Å². The highest BCUT2D eigenvalue weighted by Crippen LogP contribution is 2.53. The molecule has 178 valence electrons. The zero-order valence-electron chi connectivity index (χ0n) is 18.7. The van der Waals surface area contributed by atoms with Gasteiger partial charge in [-0.3, -0.25) is 9.78 Å². The van der Waals surface area contributed by atoms with Crippen LogP contribution >= 0.6 is 0 Å². The quantitative estimate of drug-likeness (QED) is 0.578. The number of benzene rings is 2. The molecule has 6 rings (SSSR count). The SMILES string of the molecule is CC1c2cc3c(cc2C2(CCCC2)CN1S(=O)(=O)c1ccc2[nH]c(=O)[nH]c(=O)c2c1)OCCO3. The summed E-state index contributed by atoms with van der Waals surface area (Å²) in [5, 5.41) is 0.126. The molecule has 1 spiro atoms. The lowest BCUT2D eigenvalue weighted by atomic mass is 9.72. The Morgan fingerprint density at radius 2 is 1.71 bits per heavy atom. The molecule has 3 heterocycles. The number of nitrogens with one attached hydrogen (secondary N) is 2. The van der Waals surface area contributed by atoms with Gasteiger partial charge in [-0.1, -0.05) is 12.8 Å². The number of sulfonamides is 1. The van der Waals surface area contributed by atoms with E-state index in [1.54, 1.807) is 4.31 Å². The van der Waals surface area contributed by atoms with Gasteiger partial charge in [0, 0.05) is 18.0 Å². The molecular formula is C24H25N3O6S. The van der Waals surface area contributed by atoms with Crippen molar-refractivity contribution in [2.45, 2.75) is 49.0 Å². The van der Waals surface area contributed by atoms with E-state index in [1.807, 2.05) is 13.0 Å². The van der Waals surface area contributed by atoms with Crippen molar-refractivity contribution in [1.29, 1.82) is 0 Å². The van der Waals surface area contributed by atoms with E-state index in [4.69, 9.17) is 9.47 Å². The standard InChI is InChI=1S/C24H25N3O6S/c1-14-16-11-20-21(33-9-8-32-20)12-18(16)24(6-2-3-7-24)13-27(14)34(30,31)15-4-5-19-17(10-15)22(28)26-23(29)25-19/h4-5,10-12,14H,2-3,6-9,13H2,1H3,(H2,25,26,28,29). The van der Waals surface area contributed by atoms with Crippen molar-refractivity contribution in [2.75, 3.05) is 19.8 Å². The van der Waals surface area contributed by atoms with Gasteiger partial charge >= 0.3 is 5.69 Å². The molecule has 1 atom stereocenters. The third-order valence-corrected chi connectivity index (χ3v) is 9.42. The average molecular weight is 484 g/mol. The molecule has 34 heavy (non-hydrogen) atoms. The van der Waals surface area contributed by atoms with E-state index < -0.39 is 27.3 Å². The Bertz CT molecular complexity index is 1530. The van der Waals surface area contributed by atoms with Crippen LogP contribution < -0.4 is 20.7 Å². The molecule has 2 aliphatic heterocycles. The Balaban J connectivity index is 1.49. The molecule has 1 fully saturated rings. The van der Waals surface area contributed by atoms with Crippen LogP contribution in [0.2, 0.25) is 0 Å². The first-order valence-electron chi connectivity index (χ1n) is 11.5. The molecule has 0 bridgehead atoms. The summed E-state index contributed by atoms with van der Waals surface area (Å²) in [7, 11) is -3.94. The topological polar surface area (TPSA) is 122 Å². The van der Waals surface area contributed by atoms with E-state index in [9.17, 15) is 18.0 Å². The predicted molar refractivity (Wildman–Crippen MR) is 125 cm³/mol. The third-order valence-electron chi connectivity index (χ3n) is 7.50. The van der Waals surface area contributed by atoms with Crippen LogP contribution in [-0.4, -0.2) is 42.4 Å². The summed E-state index contributed by atoms with van der Waals surface area (Å²) in [6.45, 7) is 3.21. The maximum Gasteiger partial charge on any atom is 0.326 e. The monoisotopic (exact) mass is 483 g/mol. The number of hydrogen-bond acceptors (Lipinski definition) is 6. The largest absolute Gasteiger partial charge is 0.486 e. The smallest absolute Gasteiger partial charge is 0.326 e. The fourth-order valence-electron chi connectivity index (χ4n) is 5.80. The maximum atomic E-state index is 13.9. The Kier molecular flexibility index (Phi) is 4.69. The second-order valence-corrected chi connectivity index (χ2v) is 11.3. The zero-order valence-corrected chi connectivity index (χ0v) is 19.5. The number of H-pyrrole nitrogens is 2. The van der Waals surface area contributed by atoms with Gasteiger partial charge in [0.2, 0.25) is 10.0 Å². The molecule has 1 unspecified atom stereocenters. The van der Waals surface area contributed by atoms with Gasteiger partial charge in [0.25, 0.3) is 5.56 Å². The second kappa shape index (κ2) is 7.44. The Morgan fingerprint density at radius 1 is 1.00 bits per heavy atom. The molecule has 0 radical (unpaired) electrons. The minimum atomic E-state index is -3.94. The lowest BCUT2D eigenvalue weighted by molar-refractivity contribution is 0.168. The molecule has 9 nitrogen and oxygen atoms in total. The van der Waals surface area contributed by atoms with Gasteiger partial charge in [-0.25, -0.2) is 13.2 Å². The van der Waals surface area contributed by atoms with E-state index in [1.165, 1.54) is 18.2 Å². The summed E-state index contributed by atoms with van der Waals surface area (Å²) in [5.74, 6) is 1.37. The molecule has 1 aliphatic carbocycles. The number of hydrogen-bond donors (Lipinski definition) is 2. The van der Waals surface area contributed by atoms with Crippen LogP contribution in [0.4, 0.5) is 0 Å². The number of aromatic nitrogens is 2. The first-order valence-corrected chi connectivity index (χ1v) is 12.9. The molecule has 1 saturated carbocycles. The van der Waals surface area contributed by atoms with E-state index in [0.29, 0.717) is 31.0 Å². The van der Waals surface area contributed by atoms with Crippen LogP contribution in [0.25, 0.3) is 10.9 Å². The summed E-state index contributed by atoms with van der Waals surface area (Å²) in [6.07, 6.45) is 3.87. The number of rotatable bonds is 2. The van der Waals surface area contributed by atoms with Crippen molar-refractivity contribution in [1.82, 2.24) is 14.3 Å². The van der Waals surface area contributed by atoms with Gasteiger partial charge in [0.1, 0.15) is 13.2 Å². The first-order chi connectivity index (χ1) is 16.3. The van der Waals surface area contributed by atoms with E-state index in [-0.39, 0.29) is 15.7 Å². The molecule has 3 aliphatic rings. The van der Waals surface area contributed by atoms with Gasteiger partial charge in [-0.15, -0.1) is 0 Å². The highest BCUT2D eigenvalue weighted by molar-refractivity contribution is 7.89. The number of ether oxygens (including phenoxy) is 2. The van der Waals surface area contributed by atoms with Crippen LogP contribution in [0.3, 0.4) is 0 Å². The minimum Gasteiger partial charge on any atom is -0.486 e. The normalized spacial score (nSPS) is 21.6. The summed E-state index contributed by atoms with van der Waals surface area (Å²) >= 11 is 0. The molecule has 1 aromatic heterocycles. The number of nitrogens with zero attached hydrogens (tertiary/aromatic N) is 1. The molecule has 3 aromatic rings. The Labute approximate surface area is 195 Å². The van der Waals surface area contributed by atoms with Crippen molar-refractivity contribution in [3.8, 4) is 11.5 Å². The second-order valence-electron chi connectivity index (χ2n) is 9.41. The minimum absolute atomic E-state index is 0.0264. The lowest BCUT2D eigenvalue weighted by Gasteiger charge is -2.45. The van der Waals surface area contributed by atoms with E-state index >= 15 is 0 Å². The summed E-state index contributed by atoms with van der Waals surface area (Å²) in [5.41, 5.74) is 0.839. The van der Waals surface area contributed by atoms with Gasteiger partial charge in [-0.2, -0.15) is 4.31 Å². The van der Waals surface area contributed by atoms with E-state index in [2.05, 4.69) is 16.0 Å². The van der Waals surface area contributed by atoms with Crippen LogP contribution in [0, 0.1) is 0 Å². The zero-order chi connectivity index (χ0) is 23.7. The maximum absolute atomic E-state index is 13.9. The number of fused-ring (bicyclic) bond motifs is 4. The molecule has 0 saturated heterocycles. The highest BCUT2D eigenvalue weighted by atomic mass is 32.2. The number of aromatic amines is 2. The van der Waals surface area contributed by atoms with Gasteiger partial charge in [0.15, 0.2) is 11.5 Å². The Hall–Kier alpha value is -3.11. The average Bonchev–Trinajstić information content (AvgIpc) is 3.29. The van der Waals surface area contributed by atoms with Crippen LogP contribution in [0.5, 0.6) is 11.5 Å². The highest BCUT2D eigenvalue weighted by Gasteiger charge is 2.48. The summed E-state index contributed by atoms with van der Waals surface area (Å²) in [4.78, 5) is 28.6. The van der Waals surface area contributed by atoms with Gasteiger partial charge in [-0.05, 0) is 61.2 Å². The first kappa shape index (κ1) is 21.4.